The molecule has 1 aliphatic carbocycles. The van der Waals surface area contributed by atoms with Crippen LogP contribution in [0.1, 0.15) is 25.7 Å². The summed E-state index contributed by atoms with van der Waals surface area (Å²) in [7, 11) is 0. The van der Waals surface area contributed by atoms with E-state index in [4.69, 9.17) is 10.5 Å². The van der Waals surface area contributed by atoms with Crippen molar-refractivity contribution in [1.82, 2.24) is 5.32 Å². The predicted octanol–water partition coefficient (Wildman–Crippen LogP) is 0.492. The Balaban J connectivity index is 1.49. The molecule has 1 saturated heterocycles. The van der Waals surface area contributed by atoms with Crippen molar-refractivity contribution >= 4 is 0 Å². The molecule has 0 aromatic rings. The highest BCUT2D eigenvalue weighted by Crippen LogP contribution is 2.19. The van der Waals surface area contributed by atoms with Gasteiger partial charge in [-0.25, -0.2) is 0 Å². The molecule has 2 fully saturated rings. The summed E-state index contributed by atoms with van der Waals surface area (Å²) in [6.45, 7) is 3.09. The van der Waals surface area contributed by atoms with E-state index < -0.39 is 0 Å². The maximum Gasteiger partial charge on any atom is 0.0495 e. The first-order valence-corrected chi connectivity index (χ1v) is 5.41. The van der Waals surface area contributed by atoms with E-state index in [9.17, 15) is 0 Å². The van der Waals surface area contributed by atoms with E-state index in [0.29, 0.717) is 12.1 Å². The number of hydrogen-bond acceptors (Lipinski definition) is 3. The van der Waals surface area contributed by atoms with Crippen molar-refractivity contribution in [2.45, 2.75) is 37.8 Å². The van der Waals surface area contributed by atoms with Gasteiger partial charge in [0.25, 0.3) is 0 Å². The normalized spacial score (nSPS) is 39.0. The first kappa shape index (κ1) is 9.44. The average Bonchev–Trinajstić information content (AvgIpc) is 2.53. The molecule has 0 amide bonds. The zero-order chi connectivity index (χ0) is 9.10. The summed E-state index contributed by atoms with van der Waals surface area (Å²) in [5, 5.41) is 3.54. The Labute approximate surface area is 80.0 Å². The van der Waals surface area contributed by atoms with Crippen molar-refractivity contribution in [3.8, 4) is 0 Å². The van der Waals surface area contributed by atoms with Crippen LogP contribution in [0, 0.1) is 5.92 Å². The third kappa shape index (κ3) is 2.66. The number of nitrogens with one attached hydrogen (secondary N) is 1. The summed E-state index contributed by atoms with van der Waals surface area (Å²) in [5.74, 6) is 0.807. The van der Waals surface area contributed by atoms with Crippen molar-refractivity contribution in [2.75, 3.05) is 19.8 Å². The summed E-state index contributed by atoms with van der Waals surface area (Å²) in [4.78, 5) is 0. The zero-order valence-corrected chi connectivity index (χ0v) is 8.17. The maximum absolute atomic E-state index is 5.70. The van der Waals surface area contributed by atoms with Crippen LogP contribution in [0.15, 0.2) is 0 Å². The van der Waals surface area contributed by atoms with Gasteiger partial charge in [-0.1, -0.05) is 0 Å². The van der Waals surface area contributed by atoms with Gasteiger partial charge in [-0.2, -0.15) is 0 Å². The Morgan fingerprint density at radius 1 is 1.38 bits per heavy atom. The lowest BCUT2D eigenvalue weighted by atomic mass is 9.87. The number of hydrogen-bond donors (Lipinski definition) is 2. The first-order valence-electron chi connectivity index (χ1n) is 5.41. The molecule has 1 atom stereocenters. The highest BCUT2D eigenvalue weighted by Gasteiger charge is 2.25. The summed E-state index contributed by atoms with van der Waals surface area (Å²) >= 11 is 0. The van der Waals surface area contributed by atoms with Crippen LogP contribution in [-0.2, 0) is 4.74 Å². The van der Waals surface area contributed by atoms with Gasteiger partial charge in [0.15, 0.2) is 0 Å². The van der Waals surface area contributed by atoms with E-state index in [2.05, 4.69) is 5.32 Å². The molecule has 0 bridgehead atoms. The van der Waals surface area contributed by atoms with E-state index in [0.717, 1.165) is 25.7 Å². The van der Waals surface area contributed by atoms with Gasteiger partial charge in [0.2, 0.25) is 0 Å². The Morgan fingerprint density at radius 3 is 2.85 bits per heavy atom. The maximum atomic E-state index is 5.70. The van der Waals surface area contributed by atoms with Crippen LogP contribution < -0.4 is 11.1 Å². The largest absolute Gasteiger partial charge is 0.381 e. The number of nitrogens with two attached hydrogens (primary N) is 1. The molecule has 1 aliphatic heterocycles. The molecule has 3 heteroatoms. The molecule has 2 rings (SSSR count). The van der Waals surface area contributed by atoms with Crippen LogP contribution in [0.5, 0.6) is 0 Å². The first-order chi connectivity index (χ1) is 6.34. The predicted molar refractivity (Wildman–Crippen MR) is 52.5 cm³/mol. The second-order valence-corrected chi connectivity index (χ2v) is 4.40. The van der Waals surface area contributed by atoms with Crippen molar-refractivity contribution in [2.24, 2.45) is 11.7 Å². The third-order valence-electron chi connectivity index (χ3n) is 3.18. The molecule has 1 saturated carbocycles. The fourth-order valence-corrected chi connectivity index (χ4v) is 2.13. The van der Waals surface area contributed by atoms with Gasteiger partial charge < -0.3 is 15.8 Å². The van der Waals surface area contributed by atoms with Crippen LogP contribution in [-0.4, -0.2) is 31.8 Å². The van der Waals surface area contributed by atoms with Gasteiger partial charge in [0, 0.05) is 25.3 Å². The molecule has 0 aromatic heterocycles. The zero-order valence-electron chi connectivity index (χ0n) is 8.17. The van der Waals surface area contributed by atoms with E-state index >= 15 is 0 Å². The van der Waals surface area contributed by atoms with Gasteiger partial charge in [0.05, 0.1) is 0 Å². The lowest BCUT2D eigenvalue weighted by molar-refractivity contribution is 0.183. The minimum absolute atomic E-state index is 0.465. The van der Waals surface area contributed by atoms with Gasteiger partial charge in [-0.15, -0.1) is 0 Å². The average molecular weight is 184 g/mol. The topological polar surface area (TPSA) is 47.3 Å². The lowest BCUT2D eigenvalue weighted by Crippen LogP contribution is -2.48. The van der Waals surface area contributed by atoms with E-state index in [1.807, 2.05) is 0 Å². The van der Waals surface area contributed by atoms with Gasteiger partial charge in [-0.3, -0.25) is 0 Å². The molecule has 0 radical (unpaired) electrons. The second kappa shape index (κ2) is 4.40. The van der Waals surface area contributed by atoms with Crippen molar-refractivity contribution < 1.29 is 4.74 Å². The minimum Gasteiger partial charge on any atom is -0.381 e. The third-order valence-corrected chi connectivity index (χ3v) is 3.18. The Morgan fingerprint density at radius 2 is 2.23 bits per heavy atom. The van der Waals surface area contributed by atoms with E-state index in [-0.39, 0.29) is 0 Å². The summed E-state index contributed by atoms with van der Waals surface area (Å²) < 4.78 is 5.32. The van der Waals surface area contributed by atoms with Gasteiger partial charge in [-0.05, 0) is 38.1 Å². The van der Waals surface area contributed by atoms with E-state index in [1.165, 1.54) is 25.7 Å². The van der Waals surface area contributed by atoms with Gasteiger partial charge in [0.1, 0.15) is 0 Å². The summed E-state index contributed by atoms with van der Waals surface area (Å²) in [5.41, 5.74) is 5.70. The van der Waals surface area contributed by atoms with Crippen molar-refractivity contribution in [3.05, 3.63) is 0 Å². The molecule has 3 N–H and O–H groups in total. The summed E-state index contributed by atoms with van der Waals surface area (Å²) in [6, 6.07) is 1.17. The van der Waals surface area contributed by atoms with Crippen LogP contribution >= 0.6 is 0 Å². The molecule has 76 valence electrons. The Bertz CT molecular complexity index is 151. The smallest absolute Gasteiger partial charge is 0.0495 e. The number of rotatable bonds is 4. The number of ether oxygens (including phenoxy) is 1. The molecular formula is C10H20N2O. The quantitative estimate of drug-likeness (QED) is 0.668. The lowest BCUT2D eigenvalue weighted by Gasteiger charge is -2.33. The summed E-state index contributed by atoms with van der Waals surface area (Å²) in [6.07, 6.45) is 4.86. The van der Waals surface area contributed by atoms with Crippen LogP contribution in [0.3, 0.4) is 0 Å². The highest BCUT2D eigenvalue weighted by molar-refractivity contribution is 4.87. The van der Waals surface area contributed by atoms with Crippen LogP contribution in [0.4, 0.5) is 0 Å². The molecule has 1 unspecified atom stereocenters. The molecule has 13 heavy (non-hydrogen) atoms. The molecular weight excluding hydrogens is 164 g/mol. The molecule has 0 aromatic carbocycles. The molecule has 3 nitrogen and oxygen atoms in total. The van der Waals surface area contributed by atoms with Crippen LogP contribution in [0.25, 0.3) is 0 Å². The molecule has 0 spiro atoms. The van der Waals surface area contributed by atoms with Crippen molar-refractivity contribution in [3.63, 3.8) is 0 Å². The van der Waals surface area contributed by atoms with Crippen molar-refractivity contribution in [1.29, 1.82) is 0 Å². The minimum atomic E-state index is 0.465. The fourth-order valence-electron chi connectivity index (χ4n) is 2.13. The second-order valence-electron chi connectivity index (χ2n) is 4.40. The molecule has 1 heterocycles. The van der Waals surface area contributed by atoms with Gasteiger partial charge >= 0.3 is 0 Å². The highest BCUT2D eigenvalue weighted by atomic mass is 16.5. The Kier molecular flexibility index (Phi) is 3.19. The standard InChI is InChI=1S/C10H20N2O/c11-9-5-10(6-9)12-3-1-8-2-4-13-7-8/h8-10,12H,1-7,11H2. The fraction of sp³-hybridized carbons (Fsp3) is 1.00. The molecule has 2 aliphatic rings. The van der Waals surface area contributed by atoms with Crippen LogP contribution in [0.2, 0.25) is 0 Å². The van der Waals surface area contributed by atoms with E-state index in [1.54, 1.807) is 0 Å². The SMILES string of the molecule is NC1CC(NCCC2CCOC2)C1. The monoisotopic (exact) mass is 184 g/mol. The Hall–Kier alpha value is -0.120.